The molecule has 6 nitrogen and oxygen atoms in total. The lowest BCUT2D eigenvalue weighted by Crippen LogP contribution is -2.02. The van der Waals surface area contributed by atoms with Crippen molar-refractivity contribution in [3.8, 4) is 45.5 Å². The highest BCUT2D eigenvalue weighted by Crippen LogP contribution is 2.44. The molecule has 15 rings (SSSR count). The molecular weight excluding hydrogens is 843 g/mol. The van der Waals surface area contributed by atoms with Gasteiger partial charge in [-0.05, 0) is 105 Å². The molecule has 0 N–H and O–H groups in total. The third-order valence-corrected chi connectivity index (χ3v) is 14.1. The molecule has 320 valence electrons. The minimum absolute atomic E-state index is 0.564. The van der Waals surface area contributed by atoms with Gasteiger partial charge >= 0.3 is 0 Å². The van der Waals surface area contributed by atoms with Crippen molar-refractivity contribution in [2.75, 3.05) is 0 Å². The van der Waals surface area contributed by atoms with Crippen molar-refractivity contribution in [2.45, 2.75) is 0 Å². The van der Waals surface area contributed by atoms with Crippen molar-refractivity contribution in [2.24, 2.45) is 0 Å². The van der Waals surface area contributed by atoms with E-state index < -0.39 is 0 Å². The fourth-order valence-electron chi connectivity index (χ4n) is 10.9. The molecule has 0 unspecified atom stereocenters. The van der Waals surface area contributed by atoms with Gasteiger partial charge in [0.05, 0.1) is 27.8 Å². The summed E-state index contributed by atoms with van der Waals surface area (Å²) in [6.07, 6.45) is 0. The van der Waals surface area contributed by atoms with Crippen LogP contribution < -0.4 is 0 Å². The van der Waals surface area contributed by atoms with Gasteiger partial charge in [-0.15, -0.1) is 0 Å². The van der Waals surface area contributed by atoms with Crippen molar-refractivity contribution in [3.63, 3.8) is 0 Å². The van der Waals surface area contributed by atoms with Crippen LogP contribution in [0.25, 0.3) is 143 Å². The summed E-state index contributed by atoms with van der Waals surface area (Å²) in [6, 6.07) is 79.8. The maximum absolute atomic E-state index is 7.06. The Bertz CT molecular complexity index is 4520. The first kappa shape index (κ1) is 37.8. The van der Waals surface area contributed by atoms with E-state index in [4.69, 9.17) is 19.4 Å². The molecule has 0 atom stereocenters. The van der Waals surface area contributed by atoms with Gasteiger partial charge in [0, 0.05) is 54.7 Å². The zero-order valence-corrected chi connectivity index (χ0v) is 37.0. The minimum Gasteiger partial charge on any atom is -0.454 e. The zero-order valence-electron chi connectivity index (χ0n) is 37.0. The maximum atomic E-state index is 7.06. The summed E-state index contributed by atoms with van der Waals surface area (Å²) in [6.45, 7) is 0. The Hall–Kier alpha value is -9.39. The van der Waals surface area contributed by atoms with Crippen molar-refractivity contribution in [1.82, 2.24) is 24.1 Å². The number of rotatable bonds is 5. The van der Waals surface area contributed by atoms with Crippen LogP contribution in [-0.4, -0.2) is 24.1 Å². The van der Waals surface area contributed by atoms with Crippen molar-refractivity contribution < 1.29 is 4.42 Å². The van der Waals surface area contributed by atoms with Crippen LogP contribution in [0.5, 0.6) is 0 Å². The Kier molecular flexibility index (Phi) is 7.97. The second-order valence-corrected chi connectivity index (χ2v) is 18.0. The predicted molar refractivity (Wildman–Crippen MR) is 285 cm³/mol. The topological polar surface area (TPSA) is 61.7 Å². The third kappa shape index (κ3) is 5.76. The van der Waals surface area contributed by atoms with Gasteiger partial charge in [-0.2, -0.15) is 0 Å². The molecule has 6 heteroatoms. The Morgan fingerprint density at radius 1 is 0.319 bits per heavy atom. The van der Waals surface area contributed by atoms with E-state index in [1.807, 2.05) is 6.07 Å². The molecular formula is C63H37N5O. The molecule has 0 aliphatic heterocycles. The van der Waals surface area contributed by atoms with Crippen LogP contribution in [0.1, 0.15) is 0 Å². The van der Waals surface area contributed by atoms with Gasteiger partial charge in [-0.3, -0.25) is 0 Å². The van der Waals surface area contributed by atoms with Crippen molar-refractivity contribution in [1.29, 1.82) is 0 Å². The van der Waals surface area contributed by atoms with Crippen molar-refractivity contribution in [3.05, 3.63) is 224 Å². The molecule has 69 heavy (non-hydrogen) atoms. The number of benzene rings is 11. The van der Waals surface area contributed by atoms with E-state index in [9.17, 15) is 0 Å². The summed E-state index contributed by atoms with van der Waals surface area (Å²) < 4.78 is 11.8. The number of fused-ring (bicyclic) bond motifs is 12. The Morgan fingerprint density at radius 2 is 0.841 bits per heavy atom. The average Bonchev–Trinajstić information content (AvgIpc) is 4.06. The van der Waals surface area contributed by atoms with Crippen LogP contribution >= 0.6 is 0 Å². The largest absolute Gasteiger partial charge is 0.454 e. The average molecular weight is 880 g/mol. The molecule has 0 spiro atoms. The second kappa shape index (κ2) is 14.6. The van der Waals surface area contributed by atoms with Gasteiger partial charge in [-0.25, -0.2) is 15.0 Å². The highest BCUT2D eigenvalue weighted by atomic mass is 16.3. The van der Waals surface area contributed by atoms with Gasteiger partial charge < -0.3 is 13.6 Å². The van der Waals surface area contributed by atoms with Gasteiger partial charge in [0.25, 0.3) is 0 Å². The first-order chi connectivity index (χ1) is 34.2. The van der Waals surface area contributed by atoms with E-state index in [1.54, 1.807) is 0 Å². The summed E-state index contributed by atoms with van der Waals surface area (Å²) >= 11 is 0. The fraction of sp³-hybridized carbons (Fsp3) is 0. The molecule has 4 heterocycles. The minimum atomic E-state index is 0.564. The first-order valence-electron chi connectivity index (χ1n) is 23.3. The maximum Gasteiger partial charge on any atom is 0.164 e. The summed E-state index contributed by atoms with van der Waals surface area (Å²) in [7, 11) is 0. The normalized spacial score (nSPS) is 12.1. The molecule has 0 radical (unpaired) electrons. The van der Waals surface area contributed by atoms with Crippen LogP contribution in [0.4, 0.5) is 0 Å². The standard InChI is InChI=1S/C63H37N5O/c1-2-20-46(21-3-1)67-53-24-12-10-22-47(53)48-29-28-45(37-55(48)67)62-64-61(44-27-26-38-14-4-5-15-39(38)32-44)65-63(66-62)50-30-31-54(60-59(50)49-23-11-13-25-58(49)69-60)68-56-35-42-18-8-6-16-40(42)33-51(56)52-34-41-17-7-9-19-43(41)36-57(52)68/h1-37H. The summed E-state index contributed by atoms with van der Waals surface area (Å²) in [5, 5.41) is 13.7. The lowest BCUT2D eigenvalue weighted by molar-refractivity contribution is 0.666. The molecule has 4 aromatic heterocycles. The summed E-state index contributed by atoms with van der Waals surface area (Å²) in [5.74, 6) is 1.74. The van der Waals surface area contributed by atoms with E-state index in [1.165, 1.54) is 37.7 Å². The van der Waals surface area contributed by atoms with E-state index in [2.05, 4.69) is 228 Å². The van der Waals surface area contributed by atoms with Crippen LogP contribution in [0.2, 0.25) is 0 Å². The van der Waals surface area contributed by atoms with Crippen LogP contribution in [0, 0.1) is 0 Å². The zero-order chi connectivity index (χ0) is 45.2. The van der Waals surface area contributed by atoms with E-state index in [0.29, 0.717) is 17.5 Å². The van der Waals surface area contributed by atoms with E-state index >= 15 is 0 Å². The second-order valence-electron chi connectivity index (χ2n) is 18.0. The number of furan rings is 1. The lowest BCUT2D eigenvalue weighted by Gasteiger charge is -2.13. The lowest BCUT2D eigenvalue weighted by atomic mass is 10.0. The molecule has 0 aliphatic rings. The first-order valence-corrected chi connectivity index (χ1v) is 23.3. The number of hydrogen-bond acceptors (Lipinski definition) is 4. The highest BCUT2D eigenvalue weighted by molar-refractivity contribution is 6.19. The third-order valence-electron chi connectivity index (χ3n) is 14.1. The Labute approximate surface area is 394 Å². The van der Waals surface area contributed by atoms with Gasteiger partial charge in [0.15, 0.2) is 23.1 Å². The fourth-order valence-corrected chi connectivity index (χ4v) is 10.9. The quantitative estimate of drug-likeness (QED) is 0.173. The van der Waals surface area contributed by atoms with Gasteiger partial charge in [0.2, 0.25) is 0 Å². The molecule has 15 aromatic rings. The van der Waals surface area contributed by atoms with Crippen LogP contribution in [0.3, 0.4) is 0 Å². The number of hydrogen-bond donors (Lipinski definition) is 0. The number of aromatic nitrogens is 5. The van der Waals surface area contributed by atoms with Gasteiger partial charge in [0.1, 0.15) is 5.58 Å². The molecule has 0 saturated carbocycles. The summed E-state index contributed by atoms with van der Waals surface area (Å²) in [4.78, 5) is 16.1. The molecule has 11 aromatic carbocycles. The van der Waals surface area contributed by atoms with Crippen LogP contribution in [0.15, 0.2) is 229 Å². The summed E-state index contributed by atoms with van der Waals surface area (Å²) in [5.41, 5.74) is 10.7. The van der Waals surface area contributed by atoms with Gasteiger partial charge in [-0.1, -0.05) is 152 Å². The molecule has 0 aliphatic carbocycles. The number of para-hydroxylation sites is 3. The van der Waals surface area contributed by atoms with E-state index in [-0.39, 0.29) is 0 Å². The Balaban J connectivity index is 1.01. The SMILES string of the molecule is c1ccc(-n2c3ccccc3c3ccc(-c4nc(-c5ccc6ccccc6c5)nc(-c5ccc(-n6c7cc8ccccc8cc7c7cc8ccccc8cc76)c6oc7ccccc7c56)n4)cc32)cc1. The van der Waals surface area contributed by atoms with Crippen molar-refractivity contribution >= 4 is 97.9 Å². The molecule has 0 saturated heterocycles. The number of nitrogens with zero attached hydrogens (tertiary/aromatic N) is 5. The molecule has 0 bridgehead atoms. The highest BCUT2D eigenvalue weighted by Gasteiger charge is 2.24. The van der Waals surface area contributed by atoms with E-state index in [0.717, 1.165) is 88.2 Å². The predicted octanol–water partition coefficient (Wildman–Crippen LogP) is 16.4. The molecule has 0 fully saturated rings. The Morgan fingerprint density at radius 3 is 1.55 bits per heavy atom. The van der Waals surface area contributed by atoms with Crippen LogP contribution in [-0.2, 0) is 0 Å². The molecule has 0 amide bonds. The smallest absolute Gasteiger partial charge is 0.164 e. The monoisotopic (exact) mass is 879 g/mol.